The largest absolute Gasteiger partial charge is 0.464 e. The van der Waals surface area contributed by atoms with Crippen LogP contribution in [0, 0.1) is 11.8 Å². The van der Waals surface area contributed by atoms with E-state index in [0.717, 1.165) is 75.6 Å². The van der Waals surface area contributed by atoms with Crippen LogP contribution in [-0.4, -0.2) is 60.9 Å². The standard InChI is InChI=1S/C25H33Cl2NO3S2/c26-20-15-21(27)17-22(16-20)33-18-23-19(7-8-24(23)32)5-3-1-2-4-6-25(29)31-14-11-28-9-12-30-13-10-28/h1,3,15-17,19,23H,2,4-14,18H2/t19-,23+/m0/s1. The lowest BCUT2D eigenvalue weighted by molar-refractivity contribution is -0.144. The number of thioether (sulfide) groups is 1. The number of carbonyl (C=O) groups excluding carboxylic acids is 1. The maximum Gasteiger partial charge on any atom is 0.305 e. The Bertz CT molecular complexity index is 795. The number of halogens is 2. The second kappa shape index (κ2) is 14.7. The van der Waals surface area contributed by atoms with Crippen LogP contribution in [0.1, 0.15) is 38.5 Å². The fourth-order valence-corrected chi connectivity index (χ4v) is 6.65. The summed E-state index contributed by atoms with van der Waals surface area (Å²) in [7, 11) is 0. The van der Waals surface area contributed by atoms with Crippen molar-refractivity contribution in [2.75, 3.05) is 45.2 Å². The van der Waals surface area contributed by atoms with Crippen molar-refractivity contribution in [3.8, 4) is 0 Å². The van der Waals surface area contributed by atoms with Crippen LogP contribution in [0.25, 0.3) is 0 Å². The van der Waals surface area contributed by atoms with Crippen molar-refractivity contribution < 1.29 is 14.3 Å². The number of thiocarbonyl (C=S) groups is 1. The zero-order valence-electron chi connectivity index (χ0n) is 19.0. The summed E-state index contributed by atoms with van der Waals surface area (Å²) in [5.41, 5.74) is 0. The van der Waals surface area contributed by atoms with Crippen LogP contribution in [0.5, 0.6) is 0 Å². The van der Waals surface area contributed by atoms with Gasteiger partial charge in [-0.05, 0) is 61.1 Å². The molecule has 0 aromatic heterocycles. The number of benzene rings is 1. The molecule has 1 saturated heterocycles. The molecule has 0 N–H and O–H groups in total. The predicted octanol–water partition coefficient (Wildman–Crippen LogP) is 6.47. The first-order valence-electron chi connectivity index (χ1n) is 11.7. The summed E-state index contributed by atoms with van der Waals surface area (Å²) in [6, 6.07) is 5.67. The highest BCUT2D eigenvalue weighted by atomic mass is 35.5. The van der Waals surface area contributed by atoms with E-state index in [0.29, 0.717) is 34.9 Å². The van der Waals surface area contributed by atoms with E-state index in [2.05, 4.69) is 17.1 Å². The van der Waals surface area contributed by atoms with Gasteiger partial charge in [0.05, 0.1) is 13.2 Å². The minimum atomic E-state index is -0.101. The Morgan fingerprint density at radius 3 is 2.73 bits per heavy atom. The quantitative estimate of drug-likeness (QED) is 0.101. The zero-order valence-corrected chi connectivity index (χ0v) is 22.1. The van der Waals surface area contributed by atoms with Gasteiger partial charge >= 0.3 is 5.97 Å². The third-order valence-electron chi connectivity index (χ3n) is 6.14. The highest BCUT2D eigenvalue weighted by Gasteiger charge is 2.30. The van der Waals surface area contributed by atoms with E-state index in [1.165, 1.54) is 4.86 Å². The van der Waals surface area contributed by atoms with Crippen molar-refractivity contribution in [1.29, 1.82) is 0 Å². The van der Waals surface area contributed by atoms with E-state index >= 15 is 0 Å². The minimum Gasteiger partial charge on any atom is -0.464 e. The van der Waals surface area contributed by atoms with Gasteiger partial charge in [-0.1, -0.05) is 47.6 Å². The Hall–Kier alpha value is -0.630. The molecule has 1 aromatic rings. The number of allylic oxidation sites excluding steroid dienone is 2. The van der Waals surface area contributed by atoms with E-state index in [-0.39, 0.29) is 5.97 Å². The molecule has 0 spiro atoms. The van der Waals surface area contributed by atoms with Crippen molar-refractivity contribution in [1.82, 2.24) is 4.90 Å². The van der Waals surface area contributed by atoms with Gasteiger partial charge in [0.1, 0.15) is 6.61 Å². The summed E-state index contributed by atoms with van der Waals surface area (Å²) in [5.74, 6) is 1.88. The number of unbranched alkanes of at least 4 members (excludes halogenated alkanes) is 1. The molecule has 1 heterocycles. The van der Waals surface area contributed by atoms with Crippen molar-refractivity contribution in [2.24, 2.45) is 11.8 Å². The van der Waals surface area contributed by atoms with Gasteiger partial charge in [-0.15, -0.1) is 11.8 Å². The Kier molecular flexibility index (Phi) is 12.0. The molecule has 0 amide bonds. The lowest BCUT2D eigenvalue weighted by Crippen LogP contribution is -2.38. The van der Waals surface area contributed by atoms with Gasteiger partial charge in [-0.25, -0.2) is 0 Å². The second-order valence-electron chi connectivity index (χ2n) is 8.56. The van der Waals surface area contributed by atoms with Gasteiger partial charge in [0.25, 0.3) is 0 Å². The van der Waals surface area contributed by atoms with Gasteiger partial charge in [0, 0.05) is 52.7 Å². The maximum atomic E-state index is 11.9. The van der Waals surface area contributed by atoms with Crippen molar-refractivity contribution in [3.05, 3.63) is 40.4 Å². The van der Waals surface area contributed by atoms with Gasteiger partial charge in [0.15, 0.2) is 0 Å². The van der Waals surface area contributed by atoms with Crippen LogP contribution in [0.4, 0.5) is 0 Å². The summed E-state index contributed by atoms with van der Waals surface area (Å²) < 4.78 is 10.7. The molecule has 1 aliphatic carbocycles. The van der Waals surface area contributed by atoms with E-state index in [1.807, 2.05) is 12.1 Å². The van der Waals surface area contributed by atoms with Crippen molar-refractivity contribution in [2.45, 2.75) is 43.4 Å². The average molecular weight is 531 g/mol. The third-order valence-corrected chi connectivity index (χ3v) is 8.18. The molecule has 8 heteroatoms. The van der Waals surface area contributed by atoms with E-state index in [9.17, 15) is 4.79 Å². The molecule has 182 valence electrons. The first-order valence-corrected chi connectivity index (χ1v) is 13.9. The number of nitrogens with zero attached hydrogens (tertiary/aromatic N) is 1. The molecular formula is C25H33Cl2NO3S2. The van der Waals surface area contributed by atoms with Crippen LogP contribution in [0.3, 0.4) is 0 Å². The Balaban J connectivity index is 1.29. The minimum absolute atomic E-state index is 0.101. The maximum absolute atomic E-state index is 11.9. The first-order chi connectivity index (χ1) is 16.0. The molecule has 2 atom stereocenters. The van der Waals surface area contributed by atoms with Crippen LogP contribution < -0.4 is 0 Å². The molecule has 1 saturated carbocycles. The highest BCUT2D eigenvalue weighted by Crippen LogP contribution is 2.37. The van der Waals surface area contributed by atoms with Crippen LogP contribution in [0.15, 0.2) is 35.2 Å². The number of hydrogen-bond donors (Lipinski definition) is 0. The topological polar surface area (TPSA) is 38.8 Å². The molecule has 1 aliphatic heterocycles. The number of carbonyl (C=O) groups is 1. The molecule has 0 bridgehead atoms. The number of rotatable bonds is 12. The van der Waals surface area contributed by atoms with Gasteiger partial charge in [-0.3, -0.25) is 9.69 Å². The SMILES string of the molecule is O=C(CCCC=CC[C@H]1CCC(=S)[C@@H]1CSc1cc(Cl)cc(Cl)c1)OCCN1CCOCC1. The normalized spacial score (nSPS) is 21.7. The Morgan fingerprint density at radius 2 is 1.97 bits per heavy atom. The lowest BCUT2D eigenvalue weighted by Gasteiger charge is -2.26. The molecule has 2 aliphatic rings. The number of hydrogen-bond acceptors (Lipinski definition) is 6. The number of esters is 1. The number of ether oxygens (including phenoxy) is 2. The van der Waals surface area contributed by atoms with Crippen LogP contribution >= 0.6 is 47.2 Å². The van der Waals surface area contributed by atoms with Crippen molar-refractivity contribution in [3.63, 3.8) is 0 Å². The number of morpholine rings is 1. The van der Waals surface area contributed by atoms with Gasteiger partial charge < -0.3 is 9.47 Å². The molecule has 3 rings (SSSR count). The predicted molar refractivity (Wildman–Crippen MR) is 142 cm³/mol. The van der Waals surface area contributed by atoms with E-state index in [1.54, 1.807) is 17.8 Å². The monoisotopic (exact) mass is 529 g/mol. The van der Waals surface area contributed by atoms with Gasteiger partial charge in [0.2, 0.25) is 0 Å². The summed E-state index contributed by atoms with van der Waals surface area (Å²) in [6.45, 7) is 4.64. The smallest absolute Gasteiger partial charge is 0.305 e. The highest BCUT2D eigenvalue weighted by molar-refractivity contribution is 7.99. The molecular weight excluding hydrogens is 497 g/mol. The molecule has 2 fully saturated rings. The Morgan fingerprint density at radius 1 is 1.21 bits per heavy atom. The van der Waals surface area contributed by atoms with E-state index < -0.39 is 0 Å². The molecule has 0 unspecified atom stereocenters. The molecule has 1 aromatic carbocycles. The average Bonchev–Trinajstić information content (AvgIpc) is 3.14. The summed E-state index contributed by atoms with van der Waals surface area (Å²) >= 11 is 19.7. The third kappa shape index (κ3) is 9.87. The summed E-state index contributed by atoms with van der Waals surface area (Å²) in [6.07, 6.45) is 9.88. The zero-order chi connectivity index (χ0) is 23.5. The second-order valence-corrected chi connectivity index (χ2v) is 11.1. The van der Waals surface area contributed by atoms with Crippen LogP contribution in [0.2, 0.25) is 10.0 Å². The molecule has 33 heavy (non-hydrogen) atoms. The van der Waals surface area contributed by atoms with Crippen molar-refractivity contribution >= 4 is 58.0 Å². The van der Waals surface area contributed by atoms with E-state index in [4.69, 9.17) is 44.9 Å². The molecule has 4 nitrogen and oxygen atoms in total. The van der Waals surface area contributed by atoms with Gasteiger partial charge in [-0.2, -0.15) is 0 Å². The summed E-state index contributed by atoms with van der Waals surface area (Å²) in [4.78, 5) is 16.5. The fraction of sp³-hybridized carbons (Fsp3) is 0.600. The summed E-state index contributed by atoms with van der Waals surface area (Å²) in [5, 5.41) is 1.33. The Labute approximate surface area is 217 Å². The molecule has 0 radical (unpaired) electrons. The first kappa shape index (κ1) is 27.0. The lowest BCUT2D eigenvalue weighted by atomic mass is 9.94. The van der Waals surface area contributed by atoms with Crippen LogP contribution in [-0.2, 0) is 14.3 Å². The fourth-order valence-electron chi connectivity index (χ4n) is 4.22.